The fraction of sp³-hybridized carbons (Fsp3) is 0.0645. The molecule has 0 N–H and O–H groups in total. The second kappa shape index (κ2) is 8.47. The third-order valence-corrected chi connectivity index (χ3v) is 6.66. The summed E-state index contributed by atoms with van der Waals surface area (Å²) in [5, 5.41) is 1.10. The van der Waals surface area contributed by atoms with E-state index in [-0.39, 0.29) is 5.92 Å². The van der Waals surface area contributed by atoms with Crippen molar-refractivity contribution in [3.05, 3.63) is 121 Å². The van der Waals surface area contributed by atoms with E-state index in [1.807, 2.05) is 42.5 Å². The molecule has 3 heterocycles. The van der Waals surface area contributed by atoms with Crippen molar-refractivity contribution in [2.24, 2.45) is 0 Å². The van der Waals surface area contributed by atoms with Gasteiger partial charge in [0.1, 0.15) is 17.4 Å². The number of aromatic nitrogens is 3. The van der Waals surface area contributed by atoms with E-state index >= 15 is 0 Å². The van der Waals surface area contributed by atoms with Crippen LogP contribution in [0.25, 0.3) is 50.0 Å². The first-order chi connectivity index (χ1) is 17.8. The van der Waals surface area contributed by atoms with Gasteiger partial charge in [-0.25, -0.2) is 15.0 Å². The lowest BCUT2D eigenvalue weighted by atomic mass is 9.94. The summed E-state index contributed by atoms with van der Waals surface area (Å²) in [5.41, 5.74) is 8.86. The summed E-state index contributed by atoms with van der Waals surface area (Å²) >= 11 is 0. The number of para-hydroxylation sites is 2. The van der Waals surface area contributed by atoms with Crippen LogP contribution in [0.4, 0.5) is 0 Å². The molecule has 36 heavy (non-hydrogen) atoms. The molecule has 1 unspecified atom stereocenters. The Hall–Kier alpha value is -4.77. The Labute approximate surface area is 207 Å². The van der Waals surface area contributed by atoms with Gasteiger partial charge in [0.15, 0.2) is 5.58 Å². The first-order valence-corrected chi connectivity index (χ1v) is 11.9. The van der Waals surface area contributed by atoms with E-state index in [0.717, 1.165) is 68.0 Å². The fourth-order valence-electron chi connectivity index (χ4n) is 4.69. The number of nitrogens with zero attached hydrogens (tertiary/aromatic N) is 3. The largest absolute Gasteiger partial charge is 0.464 e. The lowest BCUT2D eigenvalue weighted by Gasteiger charge is -2.13. The van der Waals surface area contributed by atoms with E-state index in [0.29, 0.717) is 0 Å². The Morgan fingerprint density at radius 2 is 1.58 bits per heavy atom. The number of allylic oxidation sites excluding steroid dienone is 4. The normalized spacial score (nSPS) is 15.4. The van der Waals surface area contributed by atoms with Crippen molar-refractivity contribution in [3.8, 4) is 22.4 Å². The van der Waals surface area contributed by atoms with Gasteiger partial charge in [0.2, 0.25) is 5.89 Å². The maximum Gasteiger partial charge on any atom is 0.202 e. The molecule has 0 saturated carbocycles. The van der Waals surface area contributed by atoms with E-state index in [1.165, 1.54) is 0 Å². The second-order valence-electron chi connectivity index (χ2n) is 8.92. The molecule has 0 saturated heterocycles. The zero-order chi connectivity index (χ0) is 23.9. The molecule has 3 aromatic carbocycles. The number of hydrogen-bond acceptors (Lipinski definition) is 5. The van der Waals surface area contributed by atoms with Crippen LogP contribution < -0.4 is 0 Å². The Kier molecular flexibility index (Phi) is 4.84. The molecular formula is C31H21N3O2. The van der Waals surface area contributed by atoms with Crippen LogP contribution >= 0.6 is 0 Å². The van der Waals surface area contributed by atoms with Crippen LogP contribution in [-0.2, 0) is 0 Å². The molecule has 172 valence electrons. The molecule has 6 aromatic rings. The number of oxazole rings is 1. The van der Waals surface area contributed by atoms with Crippen LogP contribution in [0.1, 0.15) is 23.9 Å². The molecule has 0 amide bonds. The van der Waals surface area contributed by atoms with Gasteiger partial charge >= 0.3 is 0 Å². The molecule has 0 radical (unpaired) electrons. The molecule has 0 bridgehead atoms. The van der Waals surface area contributed by atoms with Gasteiger partial charge in [-0.15, -0.1) is 0 Å². The number of fused-ring (bicyclic) bond motifs is 2. The van der Waals surface area contributed by atoms with Gasteiger partial charge in [0, 0.05) is 10.9 Å². The van der Waals surface area contributed by atoms with Gasteiger partial charge < -0.3 is 8.83 Å². The highest BCUT2D eigenvalue weighted by Gasteiger charge is 2.18. The van der Waals surface area contributed by atoms with Gasteiger partial charge in [0.05, 0.1) is 23.6 Å². The smallest absolute Gasteiger partial charge is 0.202 e. The van der Waals surface area contributed by atoms with Crippen molar-refractivity contribution in [1.29, 1.82) is 0 Å². The zero-order valence-electron chi connectivity index (χ0n) is 19.3. The van der Waals surface area contributed by atoms with Crippen LogP contribution in [0, 0.1) is 0 Å². The lowest BCUT2D eigenvalue weighted by molar-refractivity contribution is 0.505. The molecule has 5 nitrogen and oxygen atoms in total. The van der Waals surface area contributed by atoms with Gasteiger partial charge in [-0.1, -0.05) is 60.7 Å². The van der Waals surface area contributed by atoms with Crippen LogP contribution in [0.15, 0.2) is 119 Å². The third-order valence-electron chi connectivity index (χ3n) is 6.66. The number of hydrogen-bond donors (Lipinski definition) is 0. The minimum Gasteiger partial charge on any atom is -0.464 e. The maximum atomic E-state index is 5.96. The highest BCUT2D eigenvalue weighted by Crippen LogP contribution is 2.32. The standard InChI is InChI=1S/C31H21N3O2/c1-2-4-30-26(3-1)34-31(36-30)23-11-9-22(10-12-23)28-18-27(32-19-33-28)21-7-5-20(6-8-21)24-13-14-29-25(17-24)15-16-35-29/h1-11,13-19,23H,12H2. The predicted octanol–water partition coefficient (Wildman–Crippen LogP) is 7.83. The van der Waals surface area contributed by atoms with E-state index in [9.17, 15) is 0 Å². The van der Waals surface area contributed by atoms with Crippen molar-refractivity contribution in [3.63, 3.8) is 0 Å². The predicted molar refractivity (Wildman–Crippen MR) is 141 cm³/mol. The fourth-order valence-corrected chi connectivity index (χ4v) is 4.69. The molecule has 1 aliphatic rings. The van der Waals surface area contributed by atoms with Gasteiger partial charge in [-0.3, -0.25) is 0 Å². The van der Waals surface area contributed by atoms with Gasteiger partial charge in [-0.05, 0) is 59.5 Å². The lowest BCUT2D eigenvalue weighted by Crippen LogP contribution is -2.00. The van der Waals surface area contributed by atoms with E-state index in [2.05, 4.69) is 69.6 Å². The Balaban J connectivity index is 1.11. The summed E-state index contributed by atoms with van der Waals surface area (Å²) in [6.45, 7) is 0. The van der Waals surface area contributed by atoms with Crippen molar-refractivity contribution in [2.45, 2.75) is 12.3 Å². The van der Waals surface area contributed by atoms with Crippen molar-refractivity contribution in [1.82, 2.24) is 15.0 Å². The van der Waals surface area contributed by atoms with Gasteiger partial charge in [0.25, 0.3) is 0 Å². The SMILES string of the molecule is C1=CC(c2nc3ccccc3o2)CC=C1c1cc(-c2ccc(-c3ccc4occc4c3)cc2)ncn1. The Bertz CT molecular complexity index is 1740. The van der Waals surface area contributed by atoms with Crippen LogP contribution in [0.5, 0.6) is 0 Å². The minimum atomic E-state index is 0.122. The molecule has 5 heteroatoms. The summed E-state index contributed by atoms with van der Waals surface area (Å²) in [6, 6.07) is 26.6. The average molecular weight is 468 g/mol. The monoisotopic (exact) mass is 467 g/mol. The molecule has 7 rings (SSSR count). The van der Waals surface area contributed by atoms with Crippen LogP contribution in [0.3, 0.4) is 0 Å². The second-order valence-corrected chi connectivity index (χ2v) is 8.92. The highest BCUT2D eigenvalue weighted by atomic mass is 16.3. The first-order valence-electron chi connectivity index (χ1n) is 11.9. The topological polar surface area (TPSA) is 65.0 Å². The highest BCUT2D eigenvalue weighted by molar-refractivity contribution is 5.84. The Morgan fingerprint density at radius 3 is 2.44 bits per heavy atom. The third kappa shape index (κ3) is 3.71. The van der Waals surface area contributed by atoms with Crippen molar-refractivity contribution < 1.29 is 8.83 Å². The summed E-state index contributed by atoms with van der Waals surface area (Å²) in [6.07, 6.45) is 10.6. The van der Waals surface area contributed by atoms with E-state index < -0.39 is 0 Å². The maximum absolute atomic E-state index is 5.96. The first kappa shape index (κ1) is 20.6. The molecule has 0 spiro atoms. The molecule has 1 aliphatic carbocycles. The Morgan fingerprint density at radius 1 is 0.750 bits per heavy atom. The van der Waals surface area contributed by atoms with E-state index in [1.54, 1.807) is 12.6 Å². The number of benzene rings is 3. The molecular weight excluding hydrogens is 446 g/mol. The van der Waals surface area contributed by atoms with Crippen LogP contribution in [0.2, 0.25) is 0 Å². The van der Waals surface area contributed by atoms with Crippen molar-refractivity contribution in [2.75, 3.05) is 0 Å². The van der Waals surface area contributed by atoms with E-state index in [4.69, 9.17) is 8.83 Å². The summed E-state index contributed by atoms with van der Waals surface area (Å²) < 4.78 is 11.4. The van der Waals surface area contributed by atoms with Crippen LogP contribution in [-0.4, -0.2) is 15.0 Å². The van der Waals surface area contributed by atoms with Crippen molar-refractivity contribution >= 4 is 27.6 Å². The zero-order valence-corrected chi connectivity index (χ0v) is 19.3. The number of furan rings is 1. The average Bonchev–Trinajstić information content (AvgIpc) is 3.60. The summed E-state index contributed by atoms with van der Waals surface area (Å²) in [5.74, 6) is 0.870. The molecule has 0 fully saturated rings. The van der Waals surface area contributed by atoms with Gasteiger partial charge in [-0.2, -0.15) is 0 Å². The molecule has 1 atom stereocenters. The summed E-state index contributed by atoms with van der Waals surface area (Å²) in [4.78, 5) is 13.7. The quantitative estimate of drug-likeness (QED) is 0.264. The molecule has 0 aliphatic heterocycles. The summed E-state index contributed by atoms with van der Waals surface area (Å²) in [7, 11) is 0. The molecule has 3 aromatic heterocycles. The number of rotatable bonds is 4. The minimum absolute atomic E-state index is 0.122.